The van der Waals surface area contributed by atoms with E-state index in [0.717, 1.165) is 21.7 Å². The average molecular weight is 430 g/mol. The van der Waals surface area contributed by atoms with E-state index in [4.69, 9.17) is 4.74 Å². The van der Waals surface area contributed by atoms with Gasteiger partial charge in [0.05, 0.1) is 17.9 Å². The third kappa shape index (κ3) is 3.75. The van der Waals surface area contributed by atoms with Crippen LogP contribution >= 0.6 is 0 Å². The number of carbonyl (C=O) groups is 2. The molecule has 0 bridgehead atoms. The van der Waals surface area contributed by atoms with Crippen LogP contribution in [0, 0.1) is 19.7 Å². The predicted molar refractivity (Wildman–Crippen MR) is 123 cm³/mol. The Labute approximate surface area is 186 Å². The number of benzene rings is 3. The molecule has 1 aliphatic heterocycles. The van der Waals surface area contributed by atoms with Crippen LogP contribution in [-0.4, -0.2) is 18.4 Å². The third-order valence-electron chi connectivity index (χ3n) is 5.49. The molecule has 0 fully saturated rings. The maximum Gasteiger partial charge on any atom is 0.282 e. The average Bonchev–Trinajstić information content (AvgIpc) is 3.02. The van der Waals surface area contributed by atoms with Crippen LogP contribution in [0.2, 0.25) is 0 Å². The van der Waals surface area contributed by atoms with E-state index in [2.05, 4.69) is 5.32 Å². The number of hydrogen-bond donors (Lipinski definition) is 1. The summed E-state index contributed by atoms with van der Waals surface area (Å²) < 4.78 is 19.2. The minimum Gasteiger partial charge on any atom is -0.492 e. The lowest BCUT2D eigenvalue weighted by atomic mass is 10.0. The molecule has 1 N–H and O–H groups in total. The number of aryl methyl sites for hydroxylation is 1. The van der Waals surface area contributed by atoms with Gasteiger partial charge in [0.25, 0.3) is 11.8 Å². The van der Waals surface area contributed by atoms with Crippen LogP contribution in [0.25, 0.3) is 5.57 Å². The molecule has 1 heterocycles. The zero-order valence-electron chi connectivity index (χ0n) is 18.1. The number of rotatable bonds is 6. The van der Waals surface area contributed by atoms with Gasteiger partial charge in [0.15, 0.2) is 0 Å². The number of nitrogens with one attached hydrogen (secondary N) is 1. The van der Waals surface area contributed by atoms with Crippen molar-refractivity contribution in [2.75, 3.05) is 16.8 Å². The van der Waals surface area contributed by atoms with Gasteiger partial charge in [-0.15, -0.1) is 0 Å². The van der Waals surface area contributed by atoms with Gasteiger partial charge >= 0.3 is 0 Å². The van der Waals surface area contributed by atoms with E-state index >= 15 is 0 Å². The highest BCUT2D eigenvalue weighted by atomic mass is 19.1. The first-order chi connectivity index (χ1) is 15.4. The van der Waals surface area contributed by atoms with Crippen molar-refractivity contribution in [1.82, 2.24) is 0 Å². The molecule has 0 saturated heterocycles. The van der Waals surface area contributed by atoms with Gasteiger partial charge in [-0.25, -0.2) is 9.29 Å². The predicted octanol–water partition coefficient (Wildman–Crippen LogP) is 5.24. The minimum atomic E-state index is -0.499. The topological polar surface area (TPSA) is 58.6 Å². The van der Waals surface area contributed by atoms with Gasteiger partial charge in [-0.3, -0.25) is 9.59 Å². The monoisotopic (exact) mass is 430 g/mol. The molecule has 6 heteroatoms. The lowest BCUT2D eigenvalue weighted by Crippen LogP contribution is -2.32. The first-order valence-corrected chi connectivity index (χ1v) is 10.4. The smallest absolute Gasteiger partial charge is 0.282 e. The Bertz CT molecular complexity index is 1230. The number of para-hydroxylation sites is 2. The summed E-state index contributed by atoms with van der Waals surface area (Å²) in [5, 5.41) is 3.18. The molecule has 3 aromatic rings. The summed E-state index contributed by atoms with van der Waals surface area (Å²) in [7, 11) is 0. The Balaban J connectivity index is 1.86. The minimum absolute atomic E-state index is 0.140. The molecule has 0 atom stereocenters. The molecule has 0 radical (unpaired) electrons. The quantitative estimate of drug-likeness (QED) is 0.544. The number of ether oxygens (including phenoxy) is 1. The third-order valence-corrected chi connectivity index (χ3v) is 5.49. The van der Waals surface area contributed by atoms with Crippen LogP contribution < -0.4 is 15.0 Å². The molecule has 162 valence electrons. The van der Waals surface area contributed by atoms with Crippen LogP contribution in [0.3, 0.4) is 0 Å². The van der Waals surface area contributed by atoms with Crippen molar-refractivity contribution in [1.29, 1.82) is 0 Å². The molecule has 0 aromatic heterocycles. The highest BCUT2D eigenvalue weighted by molar-refractivity contribution is 6.46. The molecule has 1 aliphatic rings. The largest absolute Gasteiger partial charge is 0.492 e. The van der Waals surface area contributed by atoms with Crippen molar-refractivity contribution in [2.24, 2.45) is 0 Å². The van der Waals surface area contributed by atoms with Crippen molar-refractivity contribution < 1.29 is 18.7 Å². The Morgan fingerprint density at radius 3 is 2.34 bits per heavy atom. The van der Waals surface area contributed by atoms with E-state index in [1.165, 1.54) is 24.3 Å². The number of anilines is 2. The Morgan fingerprint density at radius 1 is 0.906 bits per heavy atom. The molecule has 0 unspecified atom stereocenters. The fourth-order valence-electron chi connectivity index (χ4n) is 3.69. The number of amides is 2. The number of imide groups is 1. The molecule has 4 rings (SSSR count). The van der Waals surface area contributed by atoms with Gasteiger partial charge in [-0.1, -0.05) is 36.4 Å². The normalized spacial score (nSPS) is 13.7. The highest BCUT2D eigenvalue weighted by Gasteiger charge is 2.41. The second kappa shape index (κ2) is 8.67. The van der Waals surface area contributed by atoms with E-state index in [9.17, 15) is 14.0 Å². The van der Waals surface area contributed by atoms with Crippen molar-refractivity contribution in [3.8, 4) is 5.75 Å². The van der Waals surface area contributed by atoms with Crippen LogP contribution in [-0.2, 0) is 9.59 Å². The van der Waals surface area contributed by atoms with Crippen LogP contribution in [0.1, 0.15) is 23.6 Å². The standard InChI is InChI=1S/C26H23FN2O3/c1-4-32-22-11-6-5-10-21(22)29-25(30)23(18-12-14-19(27)15-13-18)24(26(29)31)28-20-9-7-8-16(2)17(20)3/h5-15,28H,4H2,1-3H3. The van der Waals surface area contributed by atoms with Crippen LogP contribution in [0.15, 0.2) is 72.4 Å². The number of carbonyl (C=O) groups excluding carboxylic acids is 2. The van der Waals surface area contributed by atoms with E-state index in [-0.39, 0.29) is 11.3 Å². The lowest BCUT2D eigenvalue weighted by molar-refractivity contribution is -0.120. The number of nitrogens with zero attached hydrogens (tertiary/aromatic N) is 1. The first-order valence-electron chi connectivity index (χ1n) is 10.4. The number of hydrogen-bond acceptors (Lipinski definition) is 4. The van der Waals surface area contributed by atoms with E-state index in [1.54, 1.807) is 24.3 Å². The molecule has 0 aliphatic carbocycles. The molecule has 3 aromatic carbocycles. The van der Waals surface area contributed by atoms with Crippen molar-refractivity contribution in [3.63, 3.8) is 0 Å². The highest BCUT2D eigenvalue weighted by Crippen LogP contribution is 2.38. The molecule has 0 spiro atoms. The molecular weight excluding hydrogens is 407 g/mol. The summed E-state index contributed by atoms with van der Waals surface area (Å²) in [5.41, 5.74) is 3.88. The summed E-state index contributed by atoms with van der Waals surface area (Å²) in [6, 6.07) is 18.2. The summed E-state index contributed by atoms with van der Waals surface area (Å²) in [6.45, 7) is 6.14. The summed E-state index contributed by atoms with van der Waals surface area (Å²) in [4.78, 5) is 28.3. The Hall–Kier alpha value is -3.93. The van der Waals surface area contributed by atoms with E-state index in [0.29, 0.717) is 23.6 Å². The Morgan fingerprint density at radius 2 is 1.62 bits per heavy atom. The van der Waals surface area contributed by atoms with Gasteiger partial charge < -0.3 is 10.1 Å². The first kappa shape index (κ1) is 21.3. The molecule has 5 nitrogen and oxygen atoms in total. The van der Waals surface area contributed by atoms with Gasteiger partial charge in [0.2, 0.25) is 0 Å². The zero-order valence-corrected chi connectivity index (χ0v) is 18.1. The van der Waals surface area contributed by atoms with Gasteiger partial charge in [-0.2, -0.15) is 0 Å². The maximum atomic E-state index is 13.6. The van der Waals surface area contributed by atoms with Crippen molar-refractivity contribution >= 4 is 28.8 Å². The lowest BCUT2D eigenvalue weighted by Gasteiger charge is -2.19. The van der Waals surface area contributed by atoms with Crippen molar-refractivity contribution in [2.45, 2.75) is 20.8 Å². The van der Waals surface area contributed by atoms with Gasteiger partial charge in [0.1, 0.15) is 17.3 Å². The SMILES string of the molecule is CCOc1ccccc1N1C(=O)C(Nc2cccc(C)c2C)=C(c2ccc(F)cc2)C1=O. The zero-order chi connectivity index (χ0) is 22.8. The fraction of sp³-hybridized carbons (Fsp3) is 0.154. The molecular formula is C26H23FN2O3. The van der Waals surface area contributed by atoms with Crippen molar-refractivity contribution in [3.05, 3.63) is 94.9 Å². The van der Waals surface area contributed by atoms with Gasteiger partial charge in [0, 0.05) is 5.69 Å². The number of halogens is 1. The van der Waals surface area contributed by atoms with Crippen LogP contribution in [0.5, 0.6) is 5.75 Å². The molecule has 0 saturated carbocycles. The maximum absolute atomic E-state index is 13.6. The van der Waals surface area contributed by atoms with Crippen LogP contribution in [0.4, 0.5) is 15.8 Å². The van der Waals surface area contributed by atoms with E-state index in [1.807, 2.05) is 39.0 Å². The second-order valence-corrected chi connectivity index (χ2v) is 7.48. The Kier molecular flexibility index (Phi) is 5.77. The summed E-state index contributed by atoms with van der Waals surface area (Å²) in [5.74, 6) is -0.985. The second-order valence-electron chi connectivity index (χ2n) is 7.48. The molecule has 2 amide bonds. The summed E-state index contributed by atoms with van der Waals surface area (Å²) in [6.07, 6.45) is 0. The van der Waals surface area contributed by atoms with E-state index < -0.39 is 17.6 Å². The fourth-order valence-corrected chi connectivity index (χ4v) is 3.69. The summed E-state index contributed by atoms with van der Waals surface area (Å²) >= 11 is 0. The molecule has 32 heavy (non-hydrogen) atoms. The van der Waals surface area contributed by atoms with Gasteiger partial charge in [-0.05, 0) is 67.8 Å².